The van der Waals surface area contributed by atoms with Crippen LogP contribution in [-0.4, -0.2) is 24.2 Å². The fourth-order valence-corrected chi connectivity index (χ4v) is 1.32. The molecule has 82 valence electrons. The average Bonchev–Trinajstić information content (AvgIpc) is 2.15. The third-order valence-corrected chi connectivity index (χ3v) is 2.56. The summed E-state index contributed by atoms with van der Waals surface area (Å²) in [5.74, 6) is -1.61. The number of rotatable bonds is 5. The molecule has 0 bridgehead atoms. The van der Waals surface area contributed by atoms with Gasteiger partial charge >= 0.3 is 11.9 Å². The van der Waals surface area contributed by atoms with E-state index in [9.17, 15) is 9.59 Å². The van der Waals surface area contributed by atoms with E-state index in [1.807, 2.05) is 13.8 Å². The summed E-state index contributed by atoms with van der Waals surface area (Å²) in [6.45, 7) is 5.29. The zero-order chi connectivity index (χ0) is 11.4. The van der Waals surface area contributed by atoms with E-state index in [1.54, 1.807) is 0 Å². The van der Waals surface area contributed by atoms with Crippen molar-refractivity contribution in [3.63, 3.8) is 0 Å². The SMILES string of the molecule is CCC(C)CC(C)(C(=O)O)C(=O)OC. The number of carboxylic acid groups (broad SMARTS) is 1. The summed E-state index contributed by atoms with van der Waals surface area (Å²) in [5, 5.41) is 8.98. The van der Waals surface area contributed by atoms with Crippen molar-refractivity contribution >= 4 is 11.9 Å². The molecule has 0 rings (SSSR count). The molecular formula is C10H18O4. The molecule has 0 saturated heterocycles. The first-order valence-corrected chi connectivity index (χ1v) is 4.70. The minimum absolute atomic E-state index is 0.190. The maximum Gasteiger partial charge on any atom is 0.322 e. The van der Waals surface area contributed by atoms with Crippen molar-refractivity contribution in [1.29, 1.82) is 0 Å². The summed E-state index contributed by atoms with van der Waals surface area (Å²) in [6.07, 6.45) is 1.16. The van der Waals surface area contributed by atoms with Crippen LogP contribution in [0.4, 0.5) is 0 Å². The van der Waals surface area contributed by atoms with Gasteiger partial charge in [-0.05, 0) is 19.3 Å². The second-order valence-corrected chi connectivity index (χ2v) is 3.85. The van der Waals surface area contributed by atoms with Crippen LogP contribution >= 0.6 is 0 Å². The molecule has 0 aliphatic rings. The number of carbonyl (C=O) groups excluding carboxylic acids is 1. The highest BCUT2D eigenvalue weighted by molar-refractivity contribution is 5.98. The van der Waals surface area contributed by atoms with Crippen LogP contribution in [0.5, 0.6) is 0 Å². The highest BCUT2D eigenvalue weighted by atomic mass is 16.5. The third-order valence-electron chi connectivity index (χ3n) is 2.56. The standard InChI is InChI=1S/C10H18O4/c1-5-7(2)6-10(3,8(11)12)9(13)14-4/h7H,5-6H2,1-4H3,(H,11,12). The molecule has 0 heterocycles. The number of methoxy groups -OCH3 is 1. The van der Waals surface area contributed by atoms with Crippen molar-refractivity contribution in [3.05, 3.63) is 0 Å². The molecule has 1 N–H and O–H groups in total. The fourth-order valence-electron chi connectivity index (χ4n) is 1.32. The number of ether oxygens (including phenoxy) is 1. The Labute approximate surface area is 84.3 Å². The number of hydrogen-bond donors (Lipinski definition) is 1. The van der Waals surface area contributed by atoms with E-state index in [4.69, 9.17) is 5.11 Å². The van der Waals surface area contributed by atoms with Gasteiger partial charge in [0.15, 0.2) is 5.41 Å². The molecule has 0 aliphatic carbocycles. The topological polar surface area (TPSA) is 63.6 Å². The van der Waals surface area contributed by atoms with E-state index in [2.05, 4.69) is 4.74 Å². The van der Waals surface area contributed by atoms with Crippen LogP contribution in [0.3, 0.4) is 0 Å². The number of carbonyl (C=O) groups is 2. The van der Waals surface area contributed by atoms with E-state index in [-0.39, 0.29) is 5.92 Å². The summed E-state index contributed by atoms with van der Waals surface area (Å²) >= 11 is 0. The largest absolute Gasteiger partial charge is 0.480 e. The molecule has 0 aromatic heterocycles. The van der Waals surface area contributed by atoms with Crippen LogP contribution in [-0.2, 0) is 14.3 Å². The Balaban J connectivity index is 4.73. The molecular weight excluding hydrogens is 184 g/mol. The molecule has 0 saturated carbocycles. The monoisotopic (exact) mass is 202 g/mol. The van der Waals surface area contributed by atoms with Crippen LogP contribution in [0, 0.1) is 11.3 Å². The van der Waals surface area contributed by atoms with E-state index >= 15 is 0 Å². The molecule has 14 heavy (non-hydrogen) atoms. The second kappa shape index (κ2) is 4.98. The first kappa shape index (κ1) is 12.9. The Hall–Kier alpha value is -1.06. The Kier molecular flexibility index (Phi) is 4.60. The zero-order valence-electron chi connectivity index (χ0n) is 9.16. The van der Waals surface area contributed by atoms with E-state index in [1.165, 1.54) is 14.0 Å². The molecule has 0 spiro atoms. The maximum atomic E-state index is 11.3. The molecule has 4 nitrogen and oxygen atoms in total. The van der Waals surface area contributed by atoms with Gasteiger partial charge in [-0.3, -0.25) is 9.59 Å². The number of aliphatic carboxylic acids is 1. The van der Waals surface area contributed by atoms with Crippen LogP contribution in [0.1, 0.15) is 33.6 Å². The zero-order valence-corrected chi connectivity index (χ0v) is 9.16. The van der Waals surface area contributed by atoms with Crippen molar-refractivity contribution < 1.29 is 19.4 Å². The van der Waals surface area contributed by atoms with Gasteiger partial charge in [0.1, 0.15) is 0 Å². The lowest BCUT2D eigenvalue weighted by Gasteiger charge is -2.24. The Morgan fingerprint density at radius 2 is 2.00 bits per heavy atom. The van der Waals surface area contributed by atoms with Gasteiger partial charge in [0.05, 0.1) is 7.11 Å². The van der Waals surface area contributed by atoms with Gasteiger partial charge in [0.25, 0.3) is 0 Å². The number of carboxylic acids is 1. The van der Waals surface area contributed by atoms with Crippen molar-refractivity contribution in [1.82, 2.24) is 0 Å². The normalized spacial score (nSPS) is 16.9. The molecule has 0 aromatic carbocycles. The highest BCUT2D eigenvalue weighted by Crippen LogP contribution is 2.29. The fraction of sp³-hybridized carbons (Fsp3) is 0.800. The maximum absolute atomic E-state index is 11.3. The van der Waals surface area contributed by atoms with Gasteiger partial charge in [-0.1, -0.05) is 20.3 Å². The van der Waals surface area contributed by atoms with Crippen LogP contribution in [0.15, 0.2) is 0 Å². The summed E-state index contributed by atoms with van der Waals surface area (Å²) in [6, 6.07) is 0. The van der Waals surface area contributed by atoms with Crippen molar-refractivity contribution in [2.24, 2.45) is 11.3 Å². The lowest BCUT2D eigenvalue weighted by atomic mass is 9.80. The van der Waals surface area contributed by atoms with Gasteiger partial charge in [-0.2, -0.15) is 0 Å². The van der Waals surface area contributed by atoms with Crippen molar-refractivity contribution in [2.45, 2.75) is 33.6 Å². The van der Waals surface area contributed by atoms with Crippen LogP contribution in [0.2, 0.25) is 0 Å². The van der Waals surface area contributed by atoms with E-state index < -0.39 is 17.4 Å². The summed E-state index contributed by atoms with van der Waals surface area (Å²) in [7, 11) is 1.21. The molecule has 0 aliphatic heterocycles. The van der Waals surface area contributed by atoms with Crippen LogP contribution < -0.4 is 0 Å². The lowest BCUT2D eigenvalue weighted by Crippen LogP contribution is -2.38. The second-order valence-electron chi connectivity index (χ2n) is 3.85. The predicted octanol–water partition coefficient (Wildman–Crippen LogP) is 1.69. The Morgan fingerprint density at radius 1 is 1.50 bits per heavy atom. The third kappa shape index (κ3) is 2.72. The molecule has 0 fully saturated rings. The van der Waals surface area contributed by atoms with Crippen molar-refractivity contribution in [3.8, 4) is 0 Å². The summed E-state index contributed by atoms with van der Waals surface area (Å²) in [4.78, 5) is 22.3. The van der Waals surface area contributed by atoms with Crippen LogP contribution in [0.25, 0.3) is 0 Å². The Morgan fingerprint density at radius 3 is 2.29 bits per heavy atom. The first-order valence-electron chi connectivity index (χ1n) is 4.70. The minimum atomic E-state index is -1.41. The molecule has 0 amide bonds. The van der Waals surface area contributed by atoms with E-state index in [0.29, 0.717) is 6.42 Å². The molecule has 0 aromatic rings. The summed E-state index contributed by atoms with van der Waals surface area (Å²) < 4.78 is 4.50. The molecule has 0 radical (unpaired) electrons. The minimum Gasteiger partial charge on any atom is -0.480 e. The van der Waals surface area contributed by atoms with E-state index in [0.717, 1.165) is 6.42 Å². The average molecular weight is 202 g/mol. The quantitative estimate of drug-likeness (QED) is 0.544. The van der Waals surface area contributed by atoms with Gasteiger partial charge < -0.3 is 9.84 Å². The van der Waals surface area contributed by atoms with Gasteiger partial charge in [-0.15, -0.1) is 0 Å². The van der Waals surface area contributed by atoms with Gasteiger partial charge in [0.2, 0.25) is 0 Å². The molecule has 2 unspecified atom stereocenters. The van der Waals surface area contributed by atoms with Gasteiger partial charge in [0, 0.05) is 0 Å². The van der Waals surface area contributed by atoms with Gasteiger partial charge in [-0.25, -0.2) is 0 Å². The lowest BCUT2D eigenvalue weighted by molar-refractivity contribution is -0.166. The smallest absolute Gasteiger partial charge is 0.322 e. The number of hydrogen-bond acceptors (Lipinski definition) is 3. The Bertz CT molecular complexity index is 224. The molecule has 2 atom stereocenters. The highest BCUT2D eigenvalue weighted by Gasteiger charge is 2.43. The number of esters is 1. The van der Waals surface area contributed by atoms with Crippen molar-refractivity contribution in [2.75, 3.05) is 7.11 Å². The summed E-state index contributed by atoms with van der Waals surface area (Å²) in [5.41, 5.74) is -1.41. The first-order chi connectivity index (χ1) is 6.38. The molecule has 4 heteroatoms. The predicted molar refractivity (Wildman–Crippen MR) is 51.8 cm³/mol.